The van der Waals surface area contributed by atoms with Crippen LogP contribution in [0.4, 0.5) is 0 Å². The summed E-state index contributed by atoms with van der Waals surface area (Å²) in [6.45, 7) is 7.55. The summed E-state index contributed by atoms with van der Waals surface area (Å²) in [5, 5.41) is 12.7. The minimum Gasteiger partial charge on any atom is -0.508 e. The van der Waals surface area contributed by atoms with Crippen molar-refractivity contribution in [3.8, 4) is 5.75 Å². The maximum absolute atomic E-state index is 9.24. The van der Waals surface area contributed by atoms with Gasteiger partial charge in [0.25, 0.3) is 0 Å². The fourth-order valence-corrected chi connectivity index (χ4v) is 2.34. The van der Waals surface area contributed by atoms with Crippen molar-refractivity contribution in [1.82, 2.24) is 5.32 Å². The standard InChI is InChI=1S/C16H25NO3/c1-12(4-5-13-6-8-14(18)9-7-13)17-10-15-11-19-16(2,3)20-15/h6-9,12,15,17-18H,4-5,10-11H2,1-3H3. The largest absolute Gasteiger partial charge is 0.508 e. The Balaban J connectivity index is 1.65. The number of benzene rings is 1. The Kier molecular flexibility index (Phi) is 5.02. The molecule has 1 aliphatic rings. The van der Waals surface area contributed by atoms with Gasteiger partial charge in [-0.2, -0.15) is 0 Å². The zero-order chi connectivity index (χ0) is 14.6. The van der Waals surface area contributed by atoms with Gasteiger partial charge in [-0.05, 0) is 51.3 Å². The minimum atomic E-state index is -0.443. The van der Waals surface area contributed by atoms with Crippen molar-refractivity contribution in [3.63, 3.8) is 0 Å². The van der Waals surface area contributed by atoms with Gasteiger partial charge in [-0.15, -0.1) is 0 Å². The molecule has 2 N–H and O–H groups in total. The van der Waals surface area contributed by atoms with E-state index >= 15 is 0 Å². The maximum Gasteiger partial charge on any atom is 0.163 e. The van der Waals surface area contributed by atoms with Gasteiger partial charge in [-0.25, -0.2) is 0 Å². The molecule has 0 aromatic heterocycles. The fourth-order valence-electron chi connectivity index (χ4n) is 2.34. The summed E-state index contributed by atoms with van der Waals surface area (Å²) in [6, 6.07) is 7.84. The van der Waals surface area contributed by atoms with Gasteiger partial charge in [0, 0.05) is 12.6 Å². The van der Waals surface area contributed by atoms with Crippen LogP contribution >= 0.6 is 0 Å². The Morgan fingerprint density at radius 2 is 2.05 bits per heavy atom. The topological polar surface area (TPSA) is 50.7 Å². The third kappa shape index (κ3) is 4.78. The molecule has 4 heteroatoms. The van der Waals surface area contributed by atoms with Crippen molar-refractivity contribution in [2.45, 2.75) is 51.5 Å². The summed E-state index contributed by atoms with van der Waals surface area (Å²) in [5.41, 5.74) is 1.25. The van der Waals surface area contributed by atoms with Crippen LogP contribution in [-0.4, -0.2) is 36.2 Å². The number of aromatic hydroxyl groups is 1. The van der Waals surface area contributed by atoms with Gasteiger partial charge in [0.2, 0.25) is 0 Å². The Hall–Kier alpha value is -1.10. The highest BCUT2D eigenvalue weighted by Gasteiger charge is 2.32. The minimum absolute atomic E-state index is 0.140. The first-order valence-corrected chi connectivity index (χ1v) is 7.28. The first-order chi connectivity index (χ1) is 9.44. The van der Waals surface area contributed by atoms with E-state index in [9.17, 15) is 5.11 Å². The van der Waals surface area contributed by atoms with Gasteiger partial charge < -0.3 is 19.9 Å². The highest BCUT2D eigenvalue weighted by Crippen LogP contribution is 2.21. The van der Waals surface area contributed by atoms with Gasteiger partial charge in [0.1, 0.15) is 5.75 Å². The Morgan fingerprint density at radius 3 is 2.65 bits per heavy atom. The Bertz CT molecular complexity index is 416. The molecule has 1 saturated heterocycles. The number of nitrogens with one attached hydrogen (secondary N) is 1. The van der Waals surface area contributed by atoms with Crippen molar-refractivity contribution in [2.75, 3.05) is 13.2 Å². The summed E-state index contributed by atoms with van der Waals surface area (Å²) in [7, 11) is 0. The lowest BCUT2D eigenvalue weighted by Crippen LogP contribution is -2.36. The molecular formula is C16H25NO3. The second kappa shape index (κ2) is 6.57. The van der Waals surface area contributed by atoms with E-state index in [4.69, 9.17) is 9.47 Å². The van der Waals surface area contributed by atoms with E-state index in [1.54, 1.807) is 12.1 Å². The van der Waals surface area contributed by atoms with Crippen LogP contribution in [0.25, 0.3) is 0 Å². The third-order valence-corrected chi connectivity index (χ3v) is 3.56. The van der Waals surface area contributed by atoms with Crippen molar-refractivity contribution in [2.24, 2.45) is 0 Å². The van der Waals surface area contributed by atoms with Crippen molar-refractivity contribution in [3.05, 3.63) is 29.8 Å². The lowest BCUT2D eigenvalue weighted by Gasteiger charge is -2.19. The molecular weight excluding hydrogens is 254 g/mol. The smallest absolute Gasteiger partial charge is 0.163 e. The number of ether oxygens (including phenoxy) is 2. The normalized spacial score (nSPS) is 22.9. The van der Waals surface area contributed by atoms with Crippen LogP contribution in [0.15, 0.2) is 24.3 Å². The van der Waals surface area contributed by atoms with E-state index in [1.165, 1.54) is 5.56 Å². The predicted octanol–water partition coefficient (Wildman–Crippen LogP) is 2.45. The zero-order valence-corrected chi connectivity index (χ0v) is 12.6. The fraction of sp³-hybridized carbons (Fsp3) is 0.625. The van der Waals surface area contributed by atoms with Gasteiger partial charge in [0.05, 0.1) is 12.7 Å². The lowest BCUT2D eigenvalue weighted by molar-refractivity contribution is -0.137. The van der Waals surface area contributed by atoms with Crippen molar-refractivity contribution >= 4 is 0 Å². The molecule has 2 atom stereocenters. The van der Waals surface area contributed by atoms with Crippen LogP contribution < -0.4 is 5.32 Å². The molecule has 1 aliphatic heterocycles. The van der Waals surface area contributed by atoms with E-state index in [0.717, 1.165) is 19.4 Å². The number of phenolic OH excluding ortho intramolecular Hbond substituents is 1. The van der Waals surface area contributed by atoms with E-state index in [-0.39, 0.29) is 6.10 Å². The maximum atomic E-state index is 9.24. The van der Waals surface area contributed by atoms with Crippen LogP contribution in [0.3, 0.4) is 0 Å². The summed E-state index contributed by atoms with van der Waals surface area (Å²) in [5.74, 6) is -0.123. The molecule has 1 aromatic rings. The van der Waals surface area contributed by atoms with E-state index < -0.39 is 5.79 Å². The van der Waals surface area contributed by atoms with E-state index in [0.29, 0.717) is 18.4 Å². The quantitative estimate of drug-likeness (QED) is 0.840. The molecule has 1 aromatic carbocycles. The van der Waals surface area contributed by atoms with Crippen molar-refractivity contribution < 1.29 is 14.6 Å². The van der Waals surface area contributed by atoms with Crippen LogP contribution in [0, 0.1) is 0 Å². The molecule has 112 valence electrons. The number of phenols is 1. The molecule has 0 saturated carbocycles. The number of hydrogen-bond donors (Lipinski definition) is 2. The predicted molar refractivity (Wildman–Crippen MR) is 78.8 cm³/mol. The Morgan fingerprint density at radius 1 is 1.35 bits per heavy atom. The van der Waals surface area contributed by atoms with Crippen LogP contribution in [0.1, 0.15) is 32.8 Å². The lowest BCUT2D eigenvalue weighted by atomic mass is 10.1. The summed E-state index contributed by atoms with van der Waals surface area (Å²) >= 11 is 0. The molecule has 0 amide bonds. The second-order valence-corrected chi connectivity index (χ2v) is 5.97. The SMILES string of the molecule is CC(CCc1ccc(O)cc1)NCC1COC(C)(C)O1. The number of rotatable bonds is 6. The van der Waals surface area contributed by atoms with E-state index in [2.05, 4.69) is 12.2 Å². The number of hydrogen-bond acceptors (Lipinski definition) is 4. The summed E-state index contributed by atoms with van der Waals surface area (Å²) in [6.07, 6.45) is 2.20. The monoisotopic (exact) mass is 279 g/mol. The second-order valence-electron chi connectivity index (χ2n) is 5.97. The third-order valence-electron chi connectivity index (χ3n) is 3.56. The molecule has 0 aliphatic carbocycles. The molecule has 0 radical (unpaired) electrons. The molecule has 4 nitrogen and oxygen atoms in total. The highest BCUT2D eigenvalue weighted by atomic mass is 16.7. The first-order valence-electron chi connectivity index (χ1n) is 7.28. The summed E-state index contributed by atoms with van der Waals surface area (Å²) < 4.78 is 11.3. The molecule has 20 heavy (non-hydrogen) atoms. The average Bonchev–Trinajstić information content (AvgIpc) is 2.75. The van der Waals surface area contributed by atoms with Crippen molar-refractivity contribution in [1.29, 1.82) is 0 Å². The van der Waals surface area contributed by atoms with Gasteiger partial charge >= 0.3 is 0 Å². The van der Waals surface area contributed by atoms with Gasteiger partial charge in [0.15, 0.2) is 5.79 Å². The van der Waals surface area contributed by atoms with Crippen LogP contribution in [0.5, 0.6) is 5.75 Å². The number of aryl methyl sites for hydroxylation is 1. The molecule has 2 rings (SSSR count). The van der Waals surface area contributed by atoms with Gasteiger partial charge in [-0.1, -0.05) is 12.1 Å². The van der Waals surface area contributed by atoms with E-state index in [1.807, 2.05) is 26.0 Å². The zero-order valence-electron chi connectivity index (χ0n) is 12.6. The average molecular weight is 279 g/mol. The van der Waals surface area contributed by atoms with Crippen LogP contribution in [-0.2, 0) is 15.9 Å². The molecule has 0 bridgehead atoms. The van der Waals surface area contributed by atoms with Gasteiger partial charge in [-0.3, -0.25) is 0 Å². The molecule has 0 spiro atoms. The van der Waals surface area contributed by atoms with Crippen LogP contribution in [0.2, 0.25) is 0 Å². The summed E-state index contributed by atoms with van der Waals surface area (Å²) in [4.78, 5) is 0. The highest BCUT2D eigenvalue weighted by molar-refractivity contribution is 5.25. The molecule has 1 fully saturated rings. The Labute approximate surface area is 121 Å². The molecule has 2 unspecified atom stereocenters. The first kappa shape index (κ1) is 15.3. The molecule has 1 heterocycles.